The summed E-state index contributed by atoms with van der Waals surface area (Å²) in [5, 5.41) is 8.98. The SMILES string of the molecule is CCCCCCNC(=O)C(=O)Nc1ccc(Oc2ccnc3cc(OCC4CCNCC4)c(OC)cc23)c(F)c1. The largest absolute Gasteiger partial charge is 0.493 e. The molecule has 40 heavy (non-hydrogen) atoms. The number of amides is 2. The number of methoxy groups -OCH3 is 1. The number of benzene rings is 2. The van der Waals surface area contributed by atoms with Crippen LogP contribution in [0.1, 0.15) is 45.4 Å². The summed E-state index contributed by atoms with van der Waals surface area (Å²) in [5.41, 5.74) is 0.761. The summed E-state index contributed by atoms with van der Waals surface area (Å²) in [5.74, 6) is -0.373. The van der Waals surface area contributed by atoms with E-state index < -0.39 is 17.6 Å². The van der Waals surface area contributed by atoms with Crippen LogP contribution in [-0.4, -0.2) is 50.1 Å². The maximum absolute atomic E-state index is 15.0. The van der Waals surface area contributed by atoms with E-state index in [1.807, 2.05) is 0 Å². The Balaban J connectivity index is 1.42. The maximum atomic E-state index is 15.0. The molecule has 4 rings (SSSR count). The molecule has 0 saturated carbocycles. The van der Waals surface area contributed by atoms with Gasteiger partial charge >= 0.3 is 11.8 Å². The lowest BCUT2D eigenvalue weighted by atomic mass is 9.99. The Morgan fingerprint density at radius 2 is 1.82 bits per heavy atom. The molecule has 10 heteroatoms. The molecule has 1 aromatic heterocycles. The number of hydrogen-bond acceptors (Lipinski definition) is 7. The lowest BCUT2D eigenvalue weighted by Gasteiger charge is -2.23. The number of unbranched alkanes of at least 4 members (excludes halogenated alkanes) is 3. The number of halogens is 1. The molecule has 0 unspecified atom stereocenters. The molecule has 1 saturated heterocycles. The number of nitrogens with one attached hydrogen (secondary N) is 3. The second-order valence-corrected chi connectivity index (χ2v) is 9.85. The van der Waals surface area contributed by atoms with Crippen molar-refractivity contribution in [3.63, 3.8) is 0 Å². The van der Waals surface area contributed by atoms with E-state index in [1.165, 1.54) is 12.1 Å². The maximum Gasteiger partial charge on any atom is 0.313 e. The molecule has 0 atom stereocenters. The highest BCUT2D eigenvalue weighted by atomic mass is 19.1. The number of carbonyl (C=O) groups excluding carboxylic acids is 2. The average Bonchev–Trinajstić information content (AvgIpc) is 2.97. The number of nitrogens with zero attached hydrogens (tertiary/aromatic N) is 1. The fraction of sp³-hybridized carbons (Fsp3) is 0.433. The zero-order valence-corrected chi connectivity index (χ0v) is 23.1. The standard InChI is InChI=1S/C30H37FN4O5/c1-3-4-5-6-12-34-29(36)30(37)35-21-7-8-26(23(31)16-21)40-25-11-15-33-24-18-28(27(38-2)17-22(24)25)39-19-20-9-13-32-14-10-20/h7-8,11,15-18,20,32H,3-6,9-10,12-14,19H2,1-2H3,(H,34,36)(H,35,37). The van der Waals surface area contributed by atoms with E-state index in [2.05, 4.69) is 27.9 Å². The average molecular weight is 553 g/mol. The van der Waals surface area contributed by atoms with Crippen molar-refractivity contribution in [2.45, 2.75) is 45.4 Å². The quantitative estimate of drug-likeness (QED) is 0.210. The smallest absolute Gasteiger partial charge is 0.313 e. The molecule has 2 amide bonds. The first kappa shape index (κ1) is 29.1. The van der Waals surface area contributed by atoms with Crippen LogP contribution in [-0.2, 0) is 9.59 Å². The summed E-state index contributed by atoms with van der Waals surface area (Å²) in [6.07, 6.45) is 7.65. The van der Waals surface area contributed by atoms with Gasteiger partial charge < -0.3 is 30.2 Å². The van der Waals surface area contributed by atoms with Gasteiger partial charge in [0.2, 0.25) is 0 Å². The minimum absolute atomic E-state index is 0.0453. The first-order valence-electron chi connectivity index (χ1n) is 13.8. The fourth-order valence-electron chi connectivity index (χ4n) is 4.55. The first-order chi connectivity index (χ1) is 19.5. The minimum atomic E-state index is -0.853. The molecule has 2 aromatic carbocycles. The molecule has 2 heterocycles. The summed E-state index contributed by atoms with van der Waals surface area (Å²) in [4.78, 5) is 28.6. The molecule has 3 N–H and O–H groups in total. The van der Waals surface area contributed by atoms with E-state index in [4.69, 9.17) is 14.2 Å². The molecule has 1 fully saturated rings. The first-order valence-corrected chi connectivity index (χ1v) is 13.8. The summed E-state index contributed by atoms with van der Waals surface area (Å²) < 4.78 is 32.5. The third kappa shape index (κ3) is 7.81. The van der Waals surface area contributed by atoms with Crippen molar-refractivity contribution in [3.05, 3.63) is 48.4 Å². The number of piperidine rings is 1. The molecule has 214 valence electrons. The Kier molecular flexibility index (Phi) is 10.5. The predicted molar refractivity (Wildman–Crippen MR) is 152 cm³/mol. The number of fused-ring (bicyclic) bond motifs is 1. The van der Waals surface area contributed by atoms with Crippen molar-refractivity contribution in [1.82, 2.24) is 15.6 Å². The molecule has 1 aliphatic heterocycles. The Morgan fingerprint density at radius 1 is 1.00 bits per heavy atom. The molecule has 3 aromatic rings. The summed E-state index contributed by atoms with van der Waals surface area (Å²) in [6.45, 7) is 5.09. The summed E-state index contributed by atoms with van der Waals surface area (Å²) in [7, 11) is 1.56. The van der Waals surface area contributed by atoms with E-state index in [9.17, 15) is 14.0 Å². The van der Waals surface area contributed by atoms with Crippen LogP contribution in [0.25, 0.3) is 10.9 Å². The van der Waals surface area contributed by atoms with E-state index in [0.29, 0.717) is 47.2 Å². The molecule has 9 nitrogen and oxygen atoms in total. The van der Waals surface area contributed by atoms with Crippen molar-refractivity contribution in [2.24, 2.45) is 5.92 Å². The number of pyridine rings is 1. The van der Waals surface area contributed by atoms with Crippen molar-refractivity contribution in [1.29, 1.82) is 0 Å². The van der Waals surface area contributed by atoms with Crippen LogP contribution in [0.2, 0.25) is 0 Å². The highest BCUT2D eigenvalue weighted by molar-refractivity contribution is 6.39. The van der Waals surface area contributed by atoms with Crippen LogP contribution in [0.4, 0.5) is 10.1 Å². The molecule has 0 aliphatic carbocycles. The Labute approximate surface area is 233 Å². The third-order valence-corrected chi connectivity index (χ3v) is 6.85. The number of ether oxygens (including phenoxy) is 3. The van der Waals surface area contributed by atoms with Crippen molar-refractivity contribution >= 4 is 28.4 Å². The van der Waals surface area contributed by atoms with Gasteiger partial charge in [-0.15, -0.1) is 0 Å². The fourth-order valence-corrected chi connectivity index (χ4v) is 4.55. The lowest BCUT2D eigenvalue weighted by Crippen LogP contribution is -2.35. The van der Waals surface area contributed by atoms with E-state index in [1.54, 1.807) is 31.5 Å². The van der Waals surface area contributed by atoms with Gasteiger partial charge in [0, 0.05) is 35.9 Å². The van der Waals surface area contributed by atoms with Crippen LogP contribution in [0.3, 0.4) is 0 Å². The second kappa shape index (κ2) is 14.5. The highest BCUT2D eigenvalue weighted by Crippen LogP contribution is 2.38. The van der Waals surface area contributed by atoms with E-state index in [-0.39, 0.29) is 11.4 Å². The Hall–Kier alpha value is -3.92. The molecular weight excluding hydrogens is 515 g/mol. The van der Waals surface area contributed by atoms with Gasteiger partial charge in [0.05, 0.1) is 19.2 Å². The number of rotatable bonds is 12. The molecule has 0 bridgehead atoms. The monoisotopic (exact) mass is 552 g/mol. The minimum Gasteiger partial charge on any atom is -0.493 e. The van der Waals surface area contributed by atoms with Gasteiger partial charge in [0.25, 0.3) is 0 Å². The number of hydrogen-bond donors (Lipinski definition) is 3. The van der Waals surface area contributed by atoms with Crippen LogP contribution >= 0.6 is 0 Å². The van der Waals surface area contributed by atoms with Crippen molar-refractivity contribution in [2.75, 3.05) is 38.7 Å². The number of aromatic nitrogens is 1. The molecule has 0 spiro atoms. The lowest BCUT2D eigenvalue weighted by molar-refractivity contribution is -0.136. The van der Waals surface area contributed by atoms with Crippen LogP contribution in [0.15, 0.2) is 42.6 Å². The topological polar surface area (TPSA) is 111 Å². The van der Waals surface area contributed by atoms with E-state index >= 15 is 0 Å². The van der Waals surface area contributed by atoms with Crippen molar-refractivity contribution in [3.8, 4) is 23.0 Å². The van der Waals surface area contributed by atoms with Gasteiger partial charge in [-0.1, -0.05) is 26.2 Å². The van der Waals surface area contributed by atoms with Gasteiger partial charge in [-0.05, 0) is 62.5 Å². The van der Waals surface area contributed by atoms with Crippen LogP contribution in [0, 0.1) is 11.7 Å². The van der Waals surface area contributed by atoms with Crippen molar-refractivity contribution < 1.29 is 28.2 Å². The number of anilines is 1. The van der Waals surface area contributed by atoms with Gasteiger partial charge in [0.15, 0.2) is 23.1 Å². The molecular formula is C30H37FN4O5. The predicted octanol–water partition coefficient (Wildman–Crippen LogP) is 5.19. The normalized spacial score (nSPS) is 13.6. The third-order valence-electron chi connectivity index (χ3n) is 6.85. The van der Waals surface area contributed by atoms with E-state index in [0.717, 1.165) is 57.7 Å². The van der Waals surface area contributed by atoms with Crippen LogP contribution in [0.5, 0.6) is 23.0 Å². The van der Waals surface area contributed by atoms with Crippen LogP contribution < -0.4 is 30.2 Å². The molecule has 1 aliphatic rings. The zero-order valence-electron chi connectivity index (χ0n) is 23.1. The van der Waals surface area contributed by atoms with Gasteiger partial charge in [-0.3, -0.25) is 14.6 Å². The Morgan fingerprint density at radius 3 is 2.58 bits per heavy atom. The van der Waals surface area contributed by atoms with Gasteiger partial charge in [-0.2, -0.15) is 0 Å². The summed E-state index contributed by atoms with van der Waals surface area (Å²) in [6, 6.07) is 9.18. The summed E-state index contributed by atoms with van der Waals surface area (Å²) >= 11 is 0. The Bertz CT molecular complexity index is 1310. The number of carbonyl (C=O) groups is 2. The van der Waals surface area contributed by atoms with Gasteiger partial charge in [0.1, 0.15) is 5.75 Å². The molecule has 0 radical (unpaired) electrons. The van der Waals surface area contributed by atoms with Gasteiger partial charge in [-0.25, -0.2) is 4.39 Å². The second-order valence-electron chi connectivity index (χ2n) is 9.85. The highest BCUT2D eigenvalue weighted by Gasteiger charge is 2.18. The zero-order chi connectivity index (χ0) is 28.3.